The fourth-order valence-electron chi connectivity index (χ4n) is 1.45. The van der Waals surface area contributed by atoms with Gasteiger partial charge in [-0.15, -0.1) is 0 Å². The zero-order chi connectivity index (χ0) is 10.6. The summed E-state index contributed by atoms with van der Waals surface area (Å²) in [5, 5.41) is 0. The van der Waals surface area contributed by atoms with Gasteiger partial charge in [-0.25, -0.2) is 0 Å². The summed E-state index contributed by atoms with van der Waals surface area (Å²) in [6.07, 6.45) is 3.41. The van der Waals surface area contributed by atoms with Crippen LogP contribution in [0, 0.1) is 0 Å². The standard InChI is InChI=1S/C10H10.3ClH.V/c1-8-6-9-4-2-3-5-10(9)7-8;;;;/h2-6H,7H2,1H3;3*1H;/q;;;;+3/p-3. The van der Waals surface area contributed by atoms with E-state index in [1.165, 1.54) is 16.7 Å². The third kappa shape index (κ3) is 4.29. The van der Waals surface area contributed by atoms with Crippen molar-refractivity contribution >= 4 is 35.6 Å². The van der Waals surface area contributed by atoms with Crippen molar-refractivity contribution in [1.82, 2.24) is 0 Å². The van der Waals surface area contributed by atoms with Crippen LogP contribution in [0.2, 0.25) is 0 Å². The summed E-state index contributed by atoms with van der Waals surface area (Å²) in [4.78, 5) is 0. The zero-order valence-corrected chi connectivity index (χ0v) is 11.3. The van der Waals surface area contributed by atoms with Gasteiger partial charge in [-0.05, 0) is 24.5 Å². The molecule has 0 radical (unpaired) electrons. The van der Waals surface area contributed by atoms with Crippen LogP contribution in [0.25, 0.3) is 6.08 Å². The molecule has 76 valence electrons. The average Bonchev–Trinajstić information content (AvgIpc) is 2.42. The monoisotopic (exact) mass is 286 g/mol. The van der Waals surface area contributed by atoms with Gasteiger partial charge in [-0.2, -0.15) is 0 Å². The molecule has 14 heavy (non-hydrogen) atoms. The molecule has 0 saturated carbocycles. The molecule has 0 saturated heterocycles. The van der Waals surface area contributed by atoms with Crippen LogP contribution < -0.4 is 0 Å². The number of halogens is 3. The first-order valence-corrected chi connectivity index (χ1v) is 9.88. The minimum absolute atomic E-state index is 1.15. The fourth-order valence-corrected chi connectivity index (χ4v) is 1.45. The Morgan fingerprint density at radius 1 is 1.14 bits per heavy atom. The van der Waals surface area contributed by atoms with Crippen LogP contribution in [-0.2, 0) is 18.7 Å². The Labute approximate surface area is 102 Å². The maximum atomic E-state index is 4.95. The molecule has 1 aliphatic carbocycles. The van der Waals surface area contributed by atoms with E-state index in [2.05, 4.69) is 37.3 Å². The van der Waals surface area contributed by atoms with Crippen LogP contribution >= 0.6 is 29.5 Å². The molecule has 1 aliphatic rings. The normalized spacial score (nSPS) is 13.1. The predicted molar refractivity (Wildman–Crippen MR) is 61.4 cm³/mol. The van der Waals surface area contributed by atoms with E-state index < -0.39 is 12.3 Å². The number of hydrogen-bond donors (Lipinski definition) is 0. The van der Waals surface area contributed by atoms with Gasteiger partial charge in [-0.3, -0.25) is 0 Å². The SMILES string of the molecule is CC1=Cc2ccccc2C1.[Cl][V]([Cl])[Cl]. The third-order valence-corrected chi connectivity index (χ3v) is 1.93. The second-order valence-corrected chi connectivity index (χ2v) is 9.98. The molecule has 0 atom stereocenters. The molecule has 1 aromatic carbocycles. The maximum absolute atomic E-state index is 4.95. The molecule has 0 heterocycles. The molecule has 0 bridgehead atoms. The second-order valence-electron chi connectivity index (χ2n) is 3.06. The molecule has 4 heteroatoms. The summed E-state index contributed by atoms with van der Waals surface area (Å²) in [7, 11) is 14.9. The van der Waals surface area contributed by atoms with Crippen molar-refractivity contribution in [3.63, 3.8) is 0 Å². The summed E-state index contributed by atoms with van der Waals surface area (Å²) in [5.74, 6) is 0. The van der Waals surface area contributed by atoms with Crippen LogP contribution in [0.1, 0.15) is 18.1 Å². The number of fused-ring (bicyclic) bond motifs is 1. The van der Waals surface area contributed by atoms with Gasteiger partial charge in [0.15, 0.2) is 0 Å². The van der Waals surface area contributed by atoms with E-state index in [-0.39, 0.29) is 0 Å². The average molecular weight is 287 g/mol. The molecule has 0 N–H and O–H groups in total. The summed E-state index contributed by atoms with van der Waals surface area (Å²) in [6, 6.07) is 8.56. The molecule has 0 aliphatic heterocycles. The Morgan fingerprint density at radius 3 is 2.29 bits per heavy atom. The van der Waals surface area contributed by atoms with Crippen LogP contribution in [0.4, 0.5) is 0 Å². The Balaban J connectivity index is 0.000000213. The van der Waals surface area contributed by atoms with E-state index in [9.17, 15) is 0 Å². The Hall–Kier alpha value is 0.414. The van der Waals surface area contributed by atoms with E-state index in [1.54, 1.807) is 0 Å². The van der Waals surface area contributed by atoms with Gasteiger partial charge in [0.05, 0.1) is 0 Å². The zero-order valence-electron chi connectivity index (χ0n) is 7.67. The molecule has 0 unspecified atom stereocenters. The molecular formula is C10H10Cl3V. The van der Waals surface area contributed by atoms with Crippen molar-refractivity contribution in [2.75, 3.05) is 0 Å². The fraction of sp³-hybridized carbons (Fsp3) is 0.200. The molecular weight excluding hydrogens is 277 g/mol. The molecule has 0 aromatic heterocycles. The number of hydrogen-bond acceptors (Lipinski definition) is 0. The van der Waals surface area contributed by atoms with Crippen LogP contribution in [0.15, 0.2) is 29.8 Å². The van der Waals surface area contributed by atoms with Gasteiger partial charge in [0.25, 0.3) is 0 Å². The number of rotatable bonds is 0. The molecule has 0 spiro atoms. The van der Waals surface area contributed by atoms with E-state index in [1.807, 2.05) is 0 Å². The van der Waals surface area contributed by atoms with Gasteiger partial charge in [0.1, 0.15) is 0 Å². The molecule has 0 amide bonds. The molecule has 0 fully saturated rings. The van der Waals surface area contributed by atoms with Crippen molar-refractivity contribution in [3.8, 4) is 0 Å². The van der Waals surface area contributed by atoms with Gasteiger partial charge in [0.2, 0.25) is 0 Å². The summed E-state index contributed by atoms with van der Waals surface area (Å²) >= 11 is -1.77. The first-order valence-electron chi connectivity index (χ1n) is 4.12. The quantitative estimate of drug-likeness (QED) is 0.648. The molecule has 2 rings (SSSR count). The number of allylic oxidation sites excluding steroid dienone is 1. The van der Waals surface area contributed by atoms with Crippen LogP contribution in [0.5, 0.6) is 0 Å². The van der Waals surface area contributed by atoms with E-state index in [4.69, 9.17) is 29.5 Å². The van der Waals surface area contributed by atoms with Crippen molar-refractivity contribution in [2.45, 2.75) is 13.3 Å². The third-order valence-electron chi connectivity index (χ3n) is 1.93. The first kappa shape index (κ1) is 12.5. The minimum atomic E-state index is -1.77. The summed E-state index contributed by atoms with van der Waals surface area (Å²) in [6.45, 7) is 2.18. The Kier molecular flexibility index (Phi) is 5.44. The van der Waals surface area contributed by atoms with Gasteiger partial charge >= 0.3 is 41.8 Å². The van der Waals surface area contributed by atoms with Crippen LogP contribution in [0.3, 0.4) is 0 Å². The van der Waals surface area contributed by atoms with Gasteiger partial charge in [0, 0.05) is 0 Å². The molecule has 0 nitrogen and oxygen atoms in total. The topological polar surface area (TPSA) is 0 Å². The van der Waals surface area contributed by atoms with Crippen molar-refractivity contribution in [2.24, 2.45) is 0 Å². The predicted octanol–water partition coefficient (Wildman–Crippen LogP) is 4.71. The van der Waals surface area contributed by atoms with Gasteiger partial charge in [-0.1, -0.05) is 35.9 Å². The van der Waals surface area contributed by atoms with Crippen molar-refractivity contribution in [3.05, 3.63) is 41.0 Å². The van der Waals surface area contributed by atoms with E-state index in [0.717, 1.165) is 6.42 Å². The summed E-state index contributed by atoms with van der Waals surface area (Å²) < 4.78 is 0. The van der Waals surface area contributed by atoms with Crippen molar-refractivity contribution < 1.29 is 12.3 Å². The summed E-state index contributed by atoms with van der Waals surface area (Å²) in [5.41, 5.74) is 4.35. The Bertz CT molecular complexity index is 331. The molecule has 1 aromatic rings. The second kappa shape index (κ2) is 6.10. The van der Waals surface area contributed by atoms with Crippen LogP contribution in [-0.4, -0.2) is 0 Å². The van der Waals surface area contributed by atoms with E-state index in [0.29, 0.717) is 0 Å². The van der Waals surface area contributed by atoms with E-state index >= 15 is 0 Å². The Morgan fingerprint density at radius 2 is 1.71 bits per heavy atom. The van der Waals surface area contributed by atoms with Crippen molar-refractivity contribution in [1.29, 1.82) is 0 Å². The number of benzene rings is 1. The van der Waals surface area contributed by atoms with Gasteiger partial charge < -0.3 is 0 Å². The first-order chi connectivity index (χ1) is 6.59.